The summed E-state index contributed by atoms with van der Waals surface area (Å²) in [4.78, 5) is 0. The smallest absolute Gasteiger partial charge is 0.130 e. The zero-order chi connectivity index (χ0) is 9.05. The van der Waals surface area contributed by atoms with Crippen LogP contribution in [0.2, 0.25) is 0 Å². The Morgan fingerprint density at radius 1 is 1.38 bits per heavy atom. The zero-order valence-electron chi connectivity index (χ0n) is 6.77. The lowest BCUT2D eigenvalue weighted by Crippen LogP contribution is -2.44. The van der Waals surface area contributed by atoms with Crippen molar-refractivity contribution in [1.82, 2.24) is 0 Å². The van der Waals surface area contributed by atoms with E-state index in [0.29, 0.717) is 5.57 Å². The molecule has 62 valence electrons. The minimum absolute atomic E-state index is 0.0294. The highest BCUT2D eigenvalue weighted by molar-refractivity contribution is 5.53. The summed E-state index contributed by atoms with van der Waals surface area (Å²) in [7, 11) is 0. The Kier molecular flexibility index (Phi) is 0.974. The van der Waals surface area contributed by atoms with Crippen LogP contribution in [0, 0.1) is 34.0 Å². The van der Waals surface area contributed by atoms with Gasteiger partial charge in [0, 0.05) is 5.92 Å². The van der Waals surface area contributed by atoms with Gasteiger partial charge in [-0.05, 0) is 0 Å². The van der Waals surface area contributed by atoms with Crippen LogP contribution in [-0.4, -0.2) is 12.2 Å². The fraction of sp³-hybridized carbons (Fsp3) is 0.400. The van der Waals surface area contributed by atoms with E-state index in [0.717, 1.165) is 0 Å². The van der Waals surface area contributed by atoms with Gasteiger partial charge in [-0.25, -0.2) is 0 Å². The molecular formula is C10H6N2O. The fourth-order valence-electron chi connectivity index (χ4n) is 2.49. The minimum Gasteiger partial charge on any atom is -0.364 e. The first-order valence-corrected chi connectivity index (χ1v) is 4.20. The summed E-state index contributed by atoms with van der Waals surface area (Å²) in [5, 5.41) is 17.9. The third-order valence-electron chi connectivity index (χ3n) is 3.21. The number of fused-ring (bicyclic) bond motifs is 5. The van der Waals surface area contributed by atoms with Crippen molar-refractivity contribution in [2.45, 2.75) is 12.2 Å². The normalized spacial score (nSPS) is 48.8. The van der Waals surface area contributed by atoms with Crippen molar-refractivity contribution in [1.29, 1.82) is 10.5 Å². The summed E-state index contributed by atoms with van der Waals surface area (Å²) < 4.78 is 5.55. The van der Waals surface area contributed by atoms with E-state index in [2.05, 4.69) is 12.1 Å². The maximum atomic E-state index is 9.11. The van der Waals surface area contributed by atoms with Gasteiger partial charge in [0.15, 0.2) is 0 Å². The van der Waals surface area contributed by atoms with Gasteiger partial charge in [0.2, 0.25) is 0 Å². The number of hydrogen-bond acceptors (Lipinski definition) is 3. The number of ether oxygens (including phenoxy) is 1. The second-order valence-corrected chi connectivity index (χ2v) is 3.60. The molecule has 0 radical (unpaired) electrons. The van der Waals surface area contributed by atoms with Crippen molar-refractivity contribution in [2.24, 2.45) is 11.3 Å². The van der Waals surface area contributed by atoms with Crippen LogP contribution < -0.4 is 0 Å². The van der Waals surface area contributed by atoms with Crippen molar-refractivity contribution in [3.8, 4) is 12.1 Å². The average molecular weight is 170 g/mol. The van der Waals surface area contributed by atoms with Crippen molar-refractivity contribution in [3.05, 3.63) is 23.8 Å². The molecule has 4 atom stereocenters. The number of nitriles is 2. The van der Waals surface area contributed by atoms with E-state index >= 15 is 0 Å². The molecular weight excluding hydrogens is 164 g/mol. The van der Waals surface area contributed by atoms with Crippen LogP contribution in [-0.2, 0) is 4.74 Å². The van der Waals surface area contributed by atoms with Gasteiger partial charge >= 0.3 is 0 Å². The largest absolute Gasteiger partial charge is 0.364 e. The fourth-order valence-corrected chi connectivity index (χ4v) is 2.49. The van der Waals surface area contributed by atoms with E-state index in [4.69, 9.17) is 15.3 Å². The molecule has 3 rings (SSSR count). The molecule has 13 heavy (non-hydrogen) atoms. The molecule has 0 aromatic rings. The van der Waals surface area contributed by atoms with Crippen LogP contribution in [0.3, 0.4) is 0 Å². The Morgan fingerprint density at radius 3 is 2.85 bits per heavy atom. The molecule has 1 saturated heterocycles. The van der Waals surface area contributed by atoms with Crippen molar-refractivity contribution in [2.75, 3.05) is 0 Å². The first kappa shape index (κ1) is 6.88. The molecule has 1 fully saturated rings. The molecule has 0 unspecified atom stereocenters. The lowest BCUT2D eigenvalue weighted by atomic mass is 9.57. The third-order valence-corrected chi connectivity index (χ3v) is 3.21. The van der Waals surface area contributed by atoms with Gasteiger partial charge in [-0.1, -0.05) is 18.2 Å². The van der Waals surface area contributed by atoms with Gasteiger partial charge in [0.1, 0.15) is 11.5 Å². The second kappa shape index (κ2) is 1.84. The number of nitrogens with zero attached hydrogens (tertiary/aromatic N) is 2. The highest BCUT2D eigenvalue weighted by Gasteiger charge is 2.64. The summed E-state index contributed by atoms with van der Waals surface area (Å²) in [5.41, 5.74) is -0.0643. The molecule has 3 heteroatoms. The standard InChI is InChI=1S/C10H6N2O/c11-4-6-3-7-8-1-2-9(13-8)10(6,7)5-12/h1-3,7-9H/t7-,8-,9+,10-/m0/s1. The topological polar surface area (TPSA) is 56.8 Å². The predicted molar refractivity (Wildman–Crippen MR) is 43.0 cm³/mol. The summed E-state index contributed by atoms with van der Waals surface area (Å²) in [6, 6.07) is 4.32. The van der Waals surface area contributed by atoms with Crippen LogP contribution in [0.15, 0.2) is 23.8 Å². The molecule has 2 heterocycles. The highest BCUT2D eigenvalue weighted by Crippen LogP contribution is 2.59. The molecule has 0 aromatic heterocycles. The second-order valence-electron chi connectivity index (χ2n) is 3.60. The van der Waals surface area contributed by atoms with Crippen LogP contribution in [0.25, 0.3) is 0 Å². The van der Waals surface area contributed by atoms with Crippen LogP contribution in [0.5, 0.6) is 0 Å². The van der Waals surface area contributed by atoms with E-state index in [-0.39, 0.29) is 18.1 Å². The first-order valence-electron chi connectivity index (χ1n) is 4.20. The Bertz CT molecular complexity index is 423. The average Bonchev–Trinajstić information content (AvgIpc) is 2.61. The van der Waals surface area contributed by atoms with Gasteiger partial charge < -0.3 is 4.74 Å². The lowest BCUT2D eigenvalue weighted by molar-refractivity contribution is 0.104. The summed E-state index contributed by atoms with van der Waals surface area (Å²) in [6.07, 6.45) is 5.58. The minimum atomic E-state index is -0.645. The van der Waals surface area contributed by atoms with Gasteiger partial charge in [-0.3, -0.25) is 0 Å². The molecule has 3 nitrogen and oxygen atoms in total. The molecule has 1 aliphatic carbocycles. The Hall–Kier alpha value is -1.58. The highest BCUT2D eigenvalue weighted by atomic mass is 16.5. The van der Waals surface area contributed by atoms with Gasteiger partial charge in [-0.2, -0.15) is 10.5 Å². The zero-order valence-corrected chi connectivity index (χ0v) is 6.77. The van der Waals surface area contributed by atoms with Crippen molar-refractivity contribution in [3.63, 3.8) is 0 Å². The molecule has 0 saturated carbocycles. The van der Waals surface area contributed by atoms with E-state index in [1.165, 1.54) is 0 Å². The predicted octanol–water partition coefficient (Wildman–Crippen LogP) is 0.913. The van der Waals surface area contributed by atoms with E-state index in [1.54, 1.807) is 0 Å². The quantitative estimate of drug-likeness (QED) is 0.508. The van der Waals surface area contributed by atoms with Crippen molar-refractivity contribution >= 4 is 0 Å². The summed E-state index contributed by atoms with van der Waals surface area (Å²) in [5.74, 6) is 0.113. The molecule has 3 aliphatic rings. The van der Waals surface area contributed by atoms with Crippen molar-refractivity contribution < 1.29 is 4.74 Å². The Labute approximate surface area is 75.5 Å². The molecule has 0 N–H and O–H groups in total. The van der Waals surface area contributed by atoms with Crippen LogP contribution in [0.1, 0.15) is 0 Å². The summed E-state index contributed by atoms with van der Waals surface area (Å²) >= 11 is 0. The third kappa shape index (κ3) is 0.500. The first-order chi connectivity index (χ1) is 6.32. The van der Waals surface area contributed by atoms with Crippen LogP contribution >= 0.6 is 0 Å². The van der Waals surface area contributed by atoms with Gasteiger partial charge in [0.05, 0.1) is 23.8 Å². The molecule has 2 aliphatic heterocycles. The SMILES string of the molecule is N#CC1=C[C@H]2[C@@H]3C=C[C@@H](O3)[C@@]12C#N. The molecule has 0 amide bonds. The maximum absolute atomic E-state index is 9.11. The molecule has 2 bridgehead atoms. The van der Waals surface area contributed by atoms with E-state index < -0.39 is 5.41 Å². The van der Waals surface area contributed by atoms with Crippen LogP contribution in [0.4, 0.5) is 0 Å². The van der Waals surface area contributed by atoms with Gasteiger partial charge in [0.25, 0.3) is 0 Å². The lowest BCUT2D eigenvalue weighted by Gasteiger charge is -2.38. The Balaban J connectivity index is 2.17. The van der Waals surface area contributed by atoms with Gasteiger partial charge in [-0.15, -0.1) is 0 Å². The number of rotatable bonds is 0. The van der Waals surface area contributed by atoms with E-state index in [9.17, 15) is 0 Å². The summed E-state index contributed by atoms with van der Waals surface area (Å²) in [6.45, 7) is 0. The van der Waals surface area contributed by atoms with E-state index in [1.807, 2.05) is 18.2 Å². The monoisotopic (exact) mass is 170 g/mol. The number of hydrogen-bond donors (Lipinski definition) is 0. The molecule has 0 spiro atoms. The Morgan fingerprint density at radius 2 is 2.23 bits per heavy atom. The molecule has 0 aromatic carbocycles. The maximum Gasteiger partial charge on any atom is 0.130 e.